The molecule has 3 rings (SSSR count). The van der Waals surface area contributed by atoms with E-state index in [4.69, 9.17) is 5.73 Å². The molecule has 4 nitrogen and oxygen atoms in total. The SMILES string of the molecule is C[N+](C)(c1ccc(-c2ccncc2)cc1)[C@@H](Cc1ccccc1)C(N)=O. The molecule has 0 aliphatic carbocycles. The maximum absolute atomic E-state index is 12.2. The lowest BCUT2D eigenvalue weighted by atomic mass is 10.0. The van der Waals surface area contributed by atoms with Crippen LogP contribution < -0.4 is 10.2 Å². The molecular weight excluding hydrogens is 322 g/mol. The van der Waals surface area contributed by atoms with E-state index in [2.05, 4.69) is 29.2 Å². The van der Waals surface area contributed by atoms with E-state index in [0.29, 0.717) is 10.9 Å². The first-order chi connectivity index (χ1) is 12.5. The second-order valence-corrected chi connectivity index (χ2v) is 6.93. The molecule has 132 valence electrons. The van der Waals surface area contributed by atoms with E-state index in [9.17, 15) is 4.79 Å². The second-order valence-electron chi connectivity index (χ2n) is 6.93. The third-order valence-corrected chi connectivity index (χ3v) is 4.93. The number of quaternary nitrogens is 1. The van der Waals surface area contributed by atoms with Crippen LogP contribution in [0.15, 0.2) is 79.1 Å². The van der Waals surface area contributed by atoms with Crippen molar-refractivity contribution in [2.45, 2.75) is 12.5 Å². The number of primary amides is 1. The fourth-order valence-electron chi connectivity index (χ4n) is 3.25. The Bertz CT molecular complexity index is 859. The van der Waals surface area contributed by atoms with Gasteiger partial charge in [-0.25, -0.2) is 0 Å². The number of hydrogen-bond donors (Lipinski definition) is 1. The van der Waals surface area contributed by atoms with Crippen molar-refractivity contribution in [1.29, 1.82) is 0 Å². The molecule has 0 radical (unpaired) electrons. The van der Waals surface area contributed by atoms with E-state index in [-0.39, 0.29) is 11.9 Å². The smallest absolute Gasteiger partial charge is 0.276 e. The van der Waals surface area contributed by atoms with Crippen LogP contribution in [-0.4, -0.2) is 31.0 Å². The van der Waals surface area contributed by atoms with Gasteiger partial charge in [0.2, 0.25) is 0 Å². The molecule has 2 aromatic carbocycles. The first-order valence-electron chi connectivity index (χ1n) is 8.66. The monoisotopic (exact) mass is 346 g/mol. The van der Waals surface area contributed by atoms with Crippen molar-refractivity contribution in [1.82, 2.24) is 9.47 Å². The molecule has 0 spiro atoms. The Hall–Kier alpha value is -2.98. The van der Waals surface area contributed by atoms with E-state index < -0.39 is 0 Å². The predicted molar refractivity (Wildman–Crippen MR) is 106 cm³/mol. The van der Waals surface area contributed by atoms with Crippen molar-refractivity contribution in [3.8, 4) is 11.1 Å². The number of carbonyl (C=O) groups excluding carboxylic acids is 1. The number of carbonyl (C=O) groups is 1. The van der Waals surface area contributed by atoms with E-state index in [1.54, 1.807) is 12.4 Å². The van der Waals surface area contributed by atoms with E-state index in [1.807, 2.05) is 56.6 Å². The van der Waals surface area contributed by atoms with Crippen LogP contribution in [0, 0.1) is 0 Å². The van der Waals surface area contributed by atoms with Gasteiger partial charge in [-0.15, -0.1) is 0 Å². The van der Waals surface area contributed by atoms with Crippen LogP contribution in [0.4, 0.5) is 5.69 Å². The average Bonchev–Trinajstić information content (AvgIpc) is 2.67. The summed E-state index contributed by atoms with van der Waals surface area (Å²) in [4.78, 5) is 16.3. The van der Waals surface area contributed by atoms with Crippen LogP contribution in [-0.2, 0) is 11.2 Å². The fraction of sp³-hybridized carbons (Fsp3) is 0.182. The molecule has 3 aromatic rings. The highest BCUT2D eigenvalue weighted by Gasteiger charge is 2.35. The van der Waals surface area contributed by atoms with Crippen molar-refractivity contribution in [3.63, 3.8) is 0 Å². The van der Waals surface area contributed by atoms with Crippen molar-refractivity contribution >= 4 is 11.6 Å². The van der Waals surface area contributed by atoms with Crippen LogP contribution in [0.3, 0.4) is 0 Å². The summed E-state index contributed by atoms with van der Waals surface area (Å²) in [6.07, 6.45) is 4.17. The van der Waals surface area contributed by atoms with Crippen LogP contribution in [0.25, 0.3) is 11.1 Å². The van der Waals surface area contributed by atoms with Crippen LogP contribution >= 0.6 is 0 Å². The van der Waals surface area contributed by atoms with E-state index in [1.165, 1.54) is 0 Å². The average molecular weight is 346 g/mol. The summed E-state index contributed by atoms with van der Waals surface area (Å²) in [5.74, 6) is -0.294. The Labute approximate surface area is 154 Å². The van der Waals surface area contributed by atoms with Gasteiger partial charge in [0.05, 0.1) is 14.1 Å². The quantitative estimate of drug-likeness (QED) is 0.696. The Morgan fingerprint density at radius 3 is 2.08 bits per heavy atom. The van der Waals surface area contributed by atoms with Crippen LogP contribution in [0.2, 0.25) is 0 Å². The standard InChI is InChI=1S/C22H23N3O/c1-25(2,21(22(23)26)16-17-6-4-3-5-7-17)20-10-8-18(9-11-20)19-12-14-24-15-13-19/h3-15,21H,16H2,1-2H3,(H-,23,26)/p+1/t21-/m0/s1. The molecule has 26 heavy (non-hydrogen) atoms. The largest absolute Gasteiger partial charge is 0.364 e. The van der Waals surface area contributed by atoms with Gasteiger partial charge in [-0.05, 0) is 53.1 Å². The highest BCUT2D eigenvalue weighted by molar-refractivity contribution is 5.82. The summed E-state index contributed by atoms with van der Waals surface area (Å²) >= 11 is 0. The number of likely N-dealkylation sites (N-methyl/N-ethyl adjacent to an activating group) is 1. The van der Waals surface area contributed by atoms with Gasteiger partial charge in [-0.3, -0.25) is 14.3 Å². The molecule has 1 aromatic heterocycles. The zero-order valence-electron chi connectivity index (χ0n) is 15.2. The lowest BCUT2D eigenvalue weighted by Crippen LogP contribution is -2.57. The number of amides is 1. The first kappa shape index (κ1) is 17.8. The summed E-state index contributed by atoms with van der Waals surface area (Å²) in [7, 11) is 4.06. The minimum Gasteiger partial charge on any atom is -0.364 e. The number of rotatable bonds is 6. The summed E-state index contributed by atoms with van der Waals surface area (Å²) < 4.78 is 0.404. The van der Waals surface area contributed by atoms with Gasteiger partial charge in [-0.1, -0.05) is 30.3 Å². The second kappa shape index (κ2) is 7.50. The van der Waals surface area contributed by atoms with E-state index in [0.717, 1.165) is 22.4 Å². The molecule has 0 fully saturated rings. The van der Waals surface area contributed by atoms with Crippen molar-refractivity contribution in [2.24, 2.45) is 5.73 Å². The van der Waals surface area contributed by atoms with Crippen LogP contribution in [0.5, 0.6) is 0 Å². The molecule has 1 atom stereocenters. The molecule has 2 N–H and O–H groups in total. The van der Waals surface area contributed by atoms with Gasteiger partial charge in [0, 0.05) is 18.8 Å². The van der Waals surface area contributed by atoms with E-state index >= 15 is 0 Å². The highest BCUT2D eigenvalue weighted by Crippen LogP contribution is 2.28. The summed E-state index contributed by atoms with van der Waals surface area (Å²) in [5.41, 5.74) is 10.2. The van der Waals surface area contributed by atoms with Gasteiger partial charge >= 0.3 is 0 Å². The number of benzene rings is 2. The van der Waals surface area contributed by atoms with Crippen LogP contribution in [0.1, 0.15) is 5.56 Å². The van der Waals surface area contributed by atoms with Crippen molar-refractivity contribution < 1.29 is 4.79 Å². The molecule has 1 heterocycles. The molecule has 0 saturated heterocycles. The Kier molecular flexibility index (Phi) is 5.14. The maximum Gasteiger partial charge on any atom is 0.276 e. The van der Waals surface area contributed by atoms with Gasteiger partial charge in [0.15, 0.2) is 6.04 Å². The molecule has 0 saturated carbocycles. The minimum absolute atomic E-state index is 0.294. The Morgan fingerprint density at radius 2 is 1.50 bits per heavy atom. The minimum atomic E-state index is -0.343. The fourth-order valence-corrected chi connectivity index (χ4v) is 3.25. The van der Waals surface area contributed by atoms with Gasteiger partial charge in [0.25, 0.3) is 5.91 Å². The van der Waals surface area contributed by atoms with Gasteiger partial charge in [0.1, 0.15) is 5.69 Å². The summed E-state index contributed by atoms with van der Waals surface area (Å²) in [6.45, 7) is 0. The normalized spacial score (nSPS) is 12.5. The molecule has 0 aliphatic heterocycles. The first-order valence-corrected chi connectivity index (χ1v) is 8.66. The number of nitrogens with zero attached hydrogens (tertiary/aromatic N) is 2. The van der Waals surface area contributed by atoms with Crippen molar-refractivity contribution in [3.05, 3.63) is 84.7 Å². The van der Waals surface area contributed by atoms with Gasteiger partial charge < -0.3 is 5.73 Å². The zero-order chi connectivity index (χ0) is 18.6. The molecule has 0 bridgehead atoms. The molecule has 0 unspecified atom stereocenters. The lowest BCUT2D eigenvalue weighted by Gasteiger charge is -2.36. The molecule has 1 amide bonds. The number of hydrogen-bond acceptors (Lipinski definition) is 2. The molecule has 4 heteroatoms. The maximum atomic E-state index is 12.2. The Balaban J connectivity index is 1.88. The Morgan fingerprint density at radius 1 is 0.923 bits per heavy atom. The highest BCUT2D eigenvalue weighted by atomic mass is 16.1. The summed E-state index contributed by atoms with van der Waals surface area (Å²) in [6, 6.07) is 21.9. The third kappa shape index (κ3) is 3.81. The molecule has 0 aliphatic rings. The lowest BCUT2D eigenvalue weighted by molar-refractivity contribution is -0.122. The van der Waals surface area contributed by atoms with Gasteiger partial charge in [-0.2, -0.15) is 0 Å². The summed E-state index contributed by atoms with van der Waals surface area (Å²) in [5, 5.41) is 0. The third-order valence-electron chi connectivity index (χ3n) is 4.93. The number of aromatic nitrogens is 1. The molecular formula is C22H24N3O+. The zero-order valence-corrected chi connectivity index (χ0v) is 15.2. The van der Waals surface area contributed by atoms with Crippen molar-refractivity contribution in [2.75, 3.05) is 14.1 Å². The number of pyridine rings is 1. The number of nitrogens with two attached hydrogens (primary N) is 1. The predicted octanol–water partition coefficient (Wildman–Crippen LogP) is 3.41. The topological polar surface area (TPSA) is 56.0 Å².